The first kappa shape index (κ1) is 17.0. The Morgan fingerprint density at radius 1 is 1.32 bits per heavy atom. The number of nitrogens with zero attached hydrogens (tertiary/aromatic N) is 2. The van der Waals surface area contributed by atoms with Crippen LogP contribution >= 0.6 is 0 Å². The first-order valence-electron chi connectivity index (χ1n) is 8.07. The molecule has 1 aromatic heterocycles. The van der Waals surface area contributed by atoms with Gasteiger partial charge in [0.05, 0.1) is 24.9 Å². The van der Waals surface area contributed by atoms with E-state index in [1.165, 1.54) is 10.7 Å². The van der Waals surface area contributed by atoms with Crippen molar-refractivity contribution in [3.05, 3.63) is 52.4 Å². The number of amides is 2. The summed E-state index contributed by atoms with van der Waals surface area (Å²) < 4.78 is 6.71. The number of hydrogen-bond acceptors (Lipinski definition) is 4. The second kappa shape index (κ2) is 7.35. The molecule has 1 aliphatic rings. The van der Waals surface area contributed by atoms with Gasteiger partial charge in [-0.3, -0.25) is 19.5 Å². The van der Waals surface area contributed by atoms with Gasteiger partial charge in [-0.15, -0.1) is 0 Å². The maximum atomic E-state index is 12.8. The average Bonchev–Trinajstić information content (AvgIpc) is 3.04. The van der Waals surface area contributed by atoms with Gasteiger partial charge in [-0.05, 0) is 12.1 Å². The zero-order valence-electron chi connectivity index (χ0n) is 13.9. The van der Waals surface area contributed by atoms with Gasteiger partial charge in [-0.25, -0.2) is 4.68 Å². The largest absolute Gasteiger partial charge is 0.377 e. The minimum Gasteiger partial charge on any atom is -0.377 e. The van der Waals surface area contributed by atoms with Crippen molar-refractivity contribution in [2.45, 2.75) is 12.5 Å². The number of nitrogens with one attached hydrogen (secondary N) is 2. The Kier molecular flexibility index (Phi) is 4.99. The highest BCUT2D eigenvalue weighted by Crippen LogP contribution is 2.14. The number of morpholine rings is 1. The number of ether oxygens (including phenoxy) is 1. The predicted molar refractivity (Wildman–Crippen MR) is 90.7 cm³/mol. The number of para-hydroxylation sites is 1. The SMILES string of the molecule is CNC(=O)CC1COCCN1C(=O)c1cc(=O)n(-c2ccccc2)[nH]1. The van der Waals surface area contributed by atoms with Crippen LogP contribution < -0.4 is 10.9 Å². The quantitative estimate of drug-likeness (QED) is 0.825. The second-order valence-corrected chi connectivity index (χ2v) is 5.78. The minimum atomic E-state index is -0.357. The molecule has 2 N–H and O–H groups in total. The number of benzene rings is 1. The molecule has 0 saturated carbocycles. The van der Waals surface area contributed by atoms with Crippen molar-refractivity contribution >= 4 is 11.8 Å². The molecule has 2 aromatic rings. The van der Waals surface area contributed by atoms with Crippen LogP contribution in [0.5, 0.6) is 0 Å². The van der Waals surface area contributed by atoms with Crippen molar-refractivity contribution in [1.29, 1.82) is 0 Å². The molecule has 0 aliphatic carbocycles. The third-order valence-corrected chi connectivity index (χ3v) is 4.15. The number of aromatic amines is 1. The van der Waals surface area contributed by atoms with Crippen molar-refractivity contribution < 1.29 is 14.3 Å². The van der Waals surface area contributed by atoms with Gasteiger partial charge in [0, 0.05) is 26.1 Å². The number of rotatable bonds is 4. The normalized spacial score (nSPS) is 17.3. The Morgan fingerprint density at radius 3 is 2.80 bits per heavy atom. The van der Waals surface area contributed by atoms with E-state index in [2.05, 4.69) is 10.4 Å². The van der Waals surface area contributed by atoms with Gasteiger partial charge in [-0.2, -0.15) is 0 Å². The molecule has 0 spiro atoms. The fourth-order valence-electron chi connectivity index (χ4n) is 2.84. The minimum absolute atomic E-state index is 0.159. The van der Waals surface area contributed by atoms with Crippen LogP contribution in [0.4, 0.5) is 0 Å². The highest BCUT2D eigenvalue weighted by molar-refractivity contribution is 5.93. The Hall–Kier alpha value is -2.87. The van der Waals surface area contributed by atoms with Crippen LogP contribution in [0.2, 0.25) is 0 Å². The molecule has 2 heterocycles. The van der Waals surface area contributed by atoms with Gasteiger partial charge < -0.3 is 15.0 Å². The number of hydrogen-bond donors (Lipinski definition) is 2. The molecular weight excluding hydrogens is 324 g/mol. The molecule has 8 heteroatoms. The van der Waals surface area contributed by atoms with Crippen LogP contribution in [0.15, 0.2) is 41.2 Å². The zero-order valence-corrected chi connectivity index (χ0v) is 13.9. The smallest absolute Gasteiger partial charge is 0.272 e. The van der Waals surface area contributed by atoms with Gasteiger partial charge in [0.2, 0.25) is 5.91 Å². The summed E-state index contributed by atoms with van der Waals surface area (Å²) in [7, 11) is 1.55. The van der Waals surface area contributed by atoms with Gasteiger partial charge in [-0.1, -0.05) is 18.2 Å². The number of carbonyl (C=O) groups is 2. The van der Waals surface area contributed by atoms with E-state index in [1.807, 2.05) is 18.2 Å². The van der Waals surface area contributed by atoms with Crippen LogP contribution in [0.1, 0.15) is 16.9 Å². The summed E-state index contributed by atoms with van der Waals surface area (Å²) in [5, 5.41) is 5.41. The summed E-state index contributed by atoms with van der Waals surface area (Å²) in [6.45, 7) is 1.07. The molecule has 1 aliphatic heterocycles. The van der Waals surface area contributed by atoms with Gasteiger partial charge >= 0.3 is 0 Å². The topological polar surface area (TPSA) is 96.4 Å². The lowest BCUT2D eigenvalue weighted by Crippen LogP contribution is -2.50. The lowest BCUT2D eigenvalue weighted by Gasteiger charge is -2.34. The van der Waals surface area contributed by atoms with Gasteiger partial charge in [0.1, 0.15) is 5.69 Å². The summed E-state index contributed by atoms with van der Waals surface area (Å²) in [6.07, 6.45) is 0.159. The molecule has 25 heavy (non-hydrogen) atoms. The van der Waals surface area contributed by atoms with E-state index in [0.29, 0.717) is 25.4 Å². The van der Waals surface area contributed by atoms with E-state index in [4.69, 9.17) is 4.74 Å². The molecule has 3 rings (SSSR count). The molecule has 0 radical (unpaired) electrons. The van der Waals surface area contributed by atoms with E-state index >= 15 is 0 Å². The number of carbonyl (C=O) groups excluding carboxylic acids is 2. The summed E-state index contributed by atoms with van der Waals surface area (Å²) >= 11 is 0. The molecule has 1 fully saturated rings. The van der Waals surface area contributed by atoms with E-state index < -0.39 is 0 Å². The molecule has 0 bridgehead atoms. The average molecular weight is 344 g/mol. The Balaban J connectivity index is 1.84. The maximum Gasteiger partial charge on any atom is 0.272 e. The molecule has 1 aromatic carbocycles. The van der Waals surface area contributed by atoms with Crippen LogP contribution in [-0.2, 0) is 9.53 Å². The molecule has 1 atom stereocenters. The highest BCUT2D eigenvalue weighted by Gasteiger charge is 2.30. The summed E-state index contributed by atoms with van der Waals surface area (Å²) in [6, 6.07) is 9.94. The number of aromatic nitrogens is 2. The summed E-state index contributed by atoms with van der Waals surface area (Å²) in [4.78, 5) is 38.3. The van der Waals surface area contributed by atoms with Crippen LogP contribution in [0.3, 0.4) is 0 Å². The van der Waals surface area contributed by atoms with Crippen molar-refractivity contribution in [2.24, 2.45) is 0 Å². The molecule has 8 nitrogen and oxygen atoms in total. The first-order valence-corrected chi connectivity index (χ1v) is 8.07. The van der Waals surface area contributed by atoms with E-state index in [9.17, 15) is 14.4 Å². The Labute approximate surface area is 144 Å². The molecular formula is C17H20N4O4. The first-order chi connectivity index (χ1) is 12.1. The third-order valence-electron chi connectivity index (χ3n) is 4.15. The molecule has 1 unspecified atom stereocenters. The lowest BCUT2D eigenvalue weighted by molar-refractivity contribution is -0.123. The Morgan fingerprint density at radius 2 is 2.08 bits per heavy atom. The van der Waals surface area contributed by atoms with Gasteiger partial charge in [0.15, 0.2) is 0 Å². The lowest BCUT2D eigenvalue weighted by atomic mass is 10.1. The standard InChI is InChI=1S/C17H20N4O4/c1-18-15(22)9-13-11-25-8-7-20(13)17(24)14-10-16(23)21(19-14)12-5-3-2-4-6-12/h2-6,10,13,19H,7-9,11H2,1H3,(H,18,22). The van der Waals surface area contributed by atoms with Crippen LogP contribution in [0, 0.1) is 0 Å². The zero-order chi connectivity index (χ0) is 17.8. The summed E-state index contributed by atoms with van der Waals surface area (Å²) in [5.41, 5.74) is 0.527. The van der Waals surface area contributed by atoms with Crippen LogP contribution in [-0.4, -0.2) is 59.3 Å². The maximum absolute atomic E-state index is 12.8. The fourth-order valence-corrected chi connectivity index (χ4v) is 2.84. The van der Waals surface area contributed by atoms with Crippen molar-refractivity contribution in [3.63, 3.8) is 0 Å². The second-order valence-electron chi connectivity index (χ2n) is 5.78. The van der Waals surface area contributed by atoms with E-state index in [0.717, 1.165) is 0 Å². The van der Waals surface area contributed by atoms with E-state index in [1.54, 1.807) is 24.1 Å². The van der Waals surface area contributed by atoms with Crippen molar-refractivity contribution in [2.75, 3.05) is 26.8 Å². The van der Waals surface area contributed by atoms with Crippen LogP contribution in [0.25, 0.3) is 5.69 Å². The monoisotopic (exact) mass is 344 g/mol. The van der Waals surface area contributed by atoms with E-state index in [-0.39, 0.29) is 35.5 Å². The summed E-state index contributed by atoms with van der Waals surface area (Å²) in [5.74, 6) is -0.479. The molecule has 1 saturated heterocycles. The highest BCUT2D eigenvalue weighted by atomic mass is 16.5. The fraction of sp³-hybridized carbons (Fsp3) is 0.353. The number of H-pyrrole nitrogens is 1. The Bertz CT molecular complexity index is 812. The third kappa shape index (κ3) is 3.63. The van der Waals surface area contributed by atoms with Crippen molar-refractivity contribution in [3.8, 4) is 5.69 Å². The predicted octanol–water partition coefficient (Wildman–Crippen LogP) is 0.143. The van der Waals surface area contributed by atoms with Crippen molar-refractivity contribution in [1.82, 2.24) is 20.0 Å². The van der Waals surface area contributed by atoms with Gasteiger partial charge in [0.25, 0.3) is 11.5 Å². The molecule has 132 valence electrons. The molecule has 2 amide bonds.